The Morgan fingerprint density at radius 2 is 2.47 bits per heavy atom. The first-order chi connectivity index (χ1) is 7.15. The molecule has 2 unspecified atom stereocenters. The first-order valence-corrected chi connectivity index (χ1v) is 4.89. The Morgan fingerprint density at radius 1 is 1.80 bits per heavy atom. The number of carbonyl (C=O) groups is 1. The van der Waals surface area contributed by atoms with Crippen LogP contribution < -0.4 is 0 Å². The Balaban J connectivity index is 2.47. The van der Waals surface area contributed by atoms with Crippen molar-refractivity contribution in [3.05, 3.63) is 24.3 Å². The molecule has 15 heavy (non-hydrogen) atoms. The molecule has 4 heteroatoms. The van der Waals surface area contributed by atoms with Crippen LogP contribution in [-0.2, 0) is 14.3 Å². The van der Waals surface area contributed by atoms with Gasteiger partial charge in [0.1, 0.15) is 0 Å². The van der Waals surface area contributed by atoms with Gasteiger partial charge >= 0.3 is 5.97 Å². The van der Waals surface area contributed by atoms with Gasteiger partial charge in [-0.25, -0.2) is 4.79 Å². The Kier molecular flexibility index (Phi) is 4.52. The zero-order valence-corrected chi connectivity index (χ0v) is 8.81. The summed E-state index contributed by atoms with van der Waals surface area (Å²) in [5.41, 5.74) is 0.278. The number of ether oxygens (including phenoxy) is 2. The van der Waals surface area contributed by atoms with Gasteiger partial charge in [-0.2, -0.15) is 0 Å². The molecule has 0 saturated carbocycles. The van der Waals surface area contributed by atoms with E-state index in [9.17, 15) is 4.79 Å². The standard InChI is InChI=1S/C11H16O4/c1-3-4-14-6-9(11(12)13)5-8(2)10-7-15-10/h3,5,8,10H,1,4,6-7H2,2H3,(H,12,13)/b9-5+. The van der Waals surface area contributed by atoms with Crippen molar-refractivity contribution in [3.8, 4) is 0 Å². The number of hydrogen-bond acceptors (Lipinski definition) is 3. The second-order valence-electron chi connectivity index (χ2n) is 3.53. The first-order valence-electron chi connectivity index (χ1n) is 4.89. The second-order valence-corrected chi connectivity index (χ2v) is 3.53. The molecule has 0 amide bonds. The molecule has 1 aliphatic rings. The molecule has 2 atom stereocenters. The molecule has 84 valence electrons. The van der Waals surface area contributed by atoms with Gasteiger partial charge in [0.2, 0.25) is 0 Å². The summed E-state index contributed by atoms with van der Waals surface area (Å²) >= 11 is 0. The summed E-state index contributed by atoms with van der Waals surface area (Å²) in [5, 5.41) is 8.91. The monoisotopic (exact) mass is 212 g/mol. The highest BCUT2D eigenvalue weighted by molar-refractivity contribution is 5.86. The Bertz CT molecular complexity index is 266. The van der Waals surface area contributed by atoms with E-state index in [2.05, 4.69) is 6.58 Å². The van der Waals surface area contributed by atoms with Crippen LogP contribution in [0.1, 0.15) is 6.92 Å². The maximum atomic E-state index is 10.9. The molecule has 0 aromatic rings. The third kappa shape index (κ3) is 4.27. The summed E-state index contributed by atoms with van der Waals surface area (Å²) < 4.78 is 10.2. The molecule has 1 N–H and O–H groups in total. The van der Waals surface area contributed by atoms with Gasteiger partial charge in [-0.1, -0.05) is 19.1 Å². The molecule has 0 radical (unpaired) electrons. The zero-order valence-electron chi connectivity index (χ0n) is 8.81. The number of epoxide rings is 1. The number of hydrogen-bond donors (Lipinski definition) is 1. The largest absolute Gasteiger partial charge is 0.478 e. The van der Waals surface area contributed by atoms with E-state index in [4.69, 9.17) is 14.6 Å². The van der Waals surface area contributed by atoms with Crippen molar-refractivity contribution >= 4 is 5.97 Å². The minimum absolute atomic E-state index is 0.110. The van der Waals surface area contributed by atoms with Crippen LogP contribution in [0.3, 0.4) is 0 Å². The average Bonchev–Trinajstić information content (AvgIpc) is 2.99. The van der Waals surface area contributed by atoms with Crippen LogP contribution in [0.15, 0.2) is 24.3 Å². The number of carboxylic acids is 1. The third-order valence-electron chi connectivity index (χ3n) is 2.18. The van der Waals surface area contributed by atoms with Crippen molar-refractivity contribution < 1.29 is 19.4 Å². The summed E-state index contributed by atoms with van der Waals surface area (Å²) in [6.07, 6.45) is 3.47. The van der Waals surface area contributed by atoms with Gasteiger partial charge in [-0.15, -0.1) is 6.58 Å². The second kappa shape index (κ2) is 5.68. The molecule has 1 saturated heterocycles. The lowest BCUT2D eigenvalue weighted by atomic mass is 10.0. The van der Waals surface area contributed by atoms with Crippen LogP contribution >= 0.6 is 0 Å². The highest BCUT2D eigenvalue weighted by Crippen LogP contribution is 2.22. The van der Waals surface area contributed by atoms with E-state index in [1.54, 1.807) is 12.2 Å². The molecule has 0 bridgehead atoms. The van der Waals surface area contributed by atoms with Gasteiger partial charge < -0.3 is 14.6 Å². The van der Waals surface area contributed by atoms with E-state index in [0.29, 0.717) is 6.61 Å². The Labute approximate surface area is 89.2 Å². The van der Waals surface area contributed by atoms with E-state index in [1.165, 1.54) is 0 Å². The van der Waals surface area contributed by atoms with Crippen LogP contribution in [0.5, 0.6) is 0 Å². The predicted molar refractivity (Wildman–Crippen MR) is 55.6 cm³/mol. The molecule has 1 aliphatic heterocycles. The van der Waals surface area contributed by atoms with E-state index in [0.717, 1.165) is 6.61 Å². The van der Waals surface area contributed by atoms with Gasteiger partial charge in [-0.3, -0.25) is 0 Å². The molecular weight excluding hydrogens is 196 g/mol. The van der Waals surface area contributed by atoms with Crippen molar-refractivity contribution in [2.24, 2.45) is 5.92 Å². The number of aliphatic carboxylic acids is 1. The summed E-state index contributed by atoms with van der Waals surface area (Å²) in [4.78, 5) is 10.9. The lowest BCUT2D eigenvalue weighted by Gasteiger charge is -2.06. The van der Waals surface area contributed by atoms with E-state index >= 15 is 0 Å². The minimum atomic E-state index is -0.938. The first kappa shape index (κ1) is 11.9. The predicted octanol–water partition coefficient (Wildman–Crippen LogP) is 1.23. The molecule has 1 fully saturated rings. The Morgan fingerprint density at radius 3 is 2.93 bits per heavy atom. The normalized spacial score (nSPS) is 22.2. The lowest BCUT2D eigenvalue weighted by molar-refractivity contribution is -0.133. The molecule has 0 aliphatic carbocycles. The fraction of sp³-hybridized carbons (Fsp3) is 0.545. The van der Waals surface area contributed by atoms with Gasteiger partial charge in [-0.05, 0) is 0 Å². The van der Waals surface area contributed by atoms with Crippen LogP contribution in [0, 0.1) is 5.92 Å². The number of rotatable bonds is 7. The zero-order chi connectivity index (χ0) is 11.3. The van der Waals surface area contributed by atoms with E-state index < -0.39 is 5.97 Å². The third-order valence-corrected chi connectivity index (χ3v) is 2.18. The highest BCUT2D eigenvalue weighted by Gasteiger charge is 2.28. The number of carboxylic acid groups (broad SMARTS) is 1. The van der Waals surface area contributed by atoms with Crippen LogP contribution in [0.2, 0.25) is 0 Å². The molecule has 1 heterocycles. The summed E-state index contributed by atoms with van der Waals surface area (Å²) in [7, 11) is 0. The van der Waals surface area contributed by atoms with Gasteiger partial charge in [0.25, 0.3) is 0 Å². The maximum Gasteiger partial charge on any atom is 0.333 e. The molecule has 4 nitrogen and oxygen atoms in total. The molecule has 0 spiro atoms. The fourth-order valence-electron chi connectivity index (χ4n) is 1.22. The van der Waals surface area contributed by atoms with E-state index in [-0.39, 0.29) is 24.2 Å². The maximum absolute atomic E-state index is 10.9. The van der Waals surface area contributed by atoms with Gasteiger partial charge in [0.05, 0.1) is 31.5 Å². The molecule has 0 aromatic heterocycles. The molecule has 1 rings (SSSR count). The van der Waals surface area contributed by atoms with Crippen molar-refractivity contribution in [3.63, 3.8) is 0 Å². The lowest BCUT2D eigenvalue weighted by Crippen LogP contribution is -2.11. The van der Waals surface area contributed by atoms with Gasteiger partial charge in [0.15, 0.2) is 0 Å². The molecular formula is C11H16O4. The highest BCUT2D eigenvalue weighted by atomic mass is 16.6. The van der Waals surface area contributed by atoms with E-state index in [1.807, 2.05) is 6.92 Å². The van der Waals surface area contributed by atoms with Gasteiger partial charge in [0, 0.05) is 5.92 Å². The SMILES string of the molecule is C=CCOC/C(=C\C(C)C1CO1)C(=O)O. The van der Waals surface area contributed by atoms with Crippen molar-refractivity contribution in [1.29, 1.82) is 0 Å². The smallest absolute Gasteiger partial charge is 0.333 e. The quantitative estimate of drug-likeness (QED) is 0.298. The summed E-state index contributed by atoms with van der Waals surface area (Å²) in [6.45, 7) is 6.62. The minimum Gasteiger partial charge on any atom is -0.478 e. The molecule has 0 aromatic carbocycles. The summed E-state index contributed by atoms with van der Waals surface area (Å²) in [6, 6.07) is 0. The fourth-order valence-corrected chi connectivity index (χ4v) is 1.22. The van der Waals surface area contributed by atoms with Crippen LogP contribution in [0.25, 0.3) is 0 Å². The van der Waals surface area contributed by atoms with Crippen molar-refractivity contribution in [1.82, 2.24) is 0 Å². The van der Waals surface area contributed by atoms with Crippen LogP contribution in [0.4, 0.5) is 0 Å². The summed E-state index contributed by atoms with van der Waals surface area (Å²) in [5.74, 6) is -0.810. The van der Waals surface area contributed by atoms with Crippen molar-refractivity contribution in [2.75, 3.05) is 19.8 Å². The average molecular weight is 212 g/mol. The Hall–Kier alpha value is -1.13. The van der Waals surface area contributed by atoms with Crippen molar-refractivity contribution in [2.45, 2.75) is 13.0 Å². The topological polar surface area (TPSA) is 59.1 Å². The van der Waals surface area contributed by atoms with Crippen LogP contribution in [-0.4, -0.2) is 37.0 Å².